The molecule has 2 aliphatic rings. The Bertz CT molecular complexity index is 445. The second-order valence-corrected chi connectivity index (χ2v) is 6.12. The molecule has 2 fully saturated rings. The van der Waals surface area contributed by atoms with Crippen molar-refractivity contribution in [2.45, 2.75) is 63.7 Å². The Morgan fingerprint density at radius 2 is 2.19 bits per heavy atom. The van der Waals surface area contributed by atoms with Crippen molar-refractivity contribution in [1.82, 2.24) is 15.5 Å². The van der Waals surface area contributed by atoms with Gasteiger partial charge in [-0.1, -0.05) is 24.4 Å². The van der Waals surface area contributed by atoms with Crippen molar-refractivity contribution in [2.24, 2.45) is 5.92 Å². The van der Waals surface area contributed by atoms with Crippen molar-refractivity contribution in [2.75, 3.05) is 13.2 Å². The lowest BCUT2D eigenvalue weighted by Gasteiger charge is -2.27. The normalized spacial score (nSPS) is 28.9. The van der Waals surface area contributed by atoms with Crippen LogP contribution in [0.3, 0.4) is 0 Å². The van der Waals surface area contributed by atoms with Gasteiger partial charge in [-0.15, -0.1) is 0 Å². The summed E-state index contributed by atoms with van der Waals surface area (Å²) in [6.07, 6.45) is 6.43. The van der Waals surface area contributed by atoms with Crippen molar-refractivity contribution < 1.29 is 14.4 Å². The Hall–Kier alpha value is -0.980. The van der Waals surface area contributed by atoms with E-state index in [9.17, 15) is 5.11 Å². The van der Waals surface area contributed by atoms with E-state index in [0.29, 0.717) is 37.2 Å². The summed E-state index contributed by atoms with van der Waals surface area (Å²) in [7, 11) is 0. The van der Waals surface area contributed by atoms with E-state index in [1.807, 2.05) is 6.92 Å². The number of β-amino-alcohol motifs (C(OH)–C–C–N with tert-alkyl or cyclic N) is 1. The van der Waals surface area contributed by atoms with E-state index in [-0.39, 0.29) is 18.2 Å². The lowest BCUT2D eigenvalue weighted by molar-refractivity contribution is -0.00145. The Kier molecular flexibility index (Phi) is 4.87. The van der Waals surface area contributed by atoms with E-state index in [1.54, 1.807) is 0 Å². The lowest BCUT2D eigenvalue weighted by atomic mass is 9.85. The zero-order chi connectivity index (χ0) is 14.7. The molecule has 1 saturated carbocycles. The molecule has 0 radical (unpaired) electrons. The first kappa shape index (κ1) is 14.9. The van der Waals surface area contributed by atoms with E-state index in [1.165, 1.54) is 32.1 Å². The number of hydrogen-bond donors (Lipinski definition) is 2. The predicted molar refractivity (Wildman–Crippen MR) is 76.6 cm³/mol. The van der Waals surface area contributed by atoms with Crippen LogP contribution in [-0.4, -0.2) is 34.5 Å². The maximum Gasteiger partial charge on any atom is 0.243 e. The highest BCUT2D eigenvalue weighted by molar-refractivity contribution is 5.01. The molecule has 118 valence electrons. The maximum atomic E-state index is 9.59. The SMILES string of the molecule is CCOC(c1noc([C@H]2C[C@@H](O)CN2)n1)C1CCCCC1. The minimum Gasteiger partial charge on any atom is -0.392 e. The van der Waals surface area contributed by atoms with Crippen molar-refractivity contribution in [3.8, 4) is 0 Å². The quantitative estimate of drug-likeness (QED) is 0.866. The molecule has 0 aromatic carbocycles. The molecule has 21 heavy (non-hydrogen) atoms. The fourth-order valence-electron chi connectivity index (χ4n) is 3.45. The van der Waals surface area contributed by atoms with Crippen molar-refractivity contribution in [1.29, 1.82) is 0 Å². The fourth-order valence-corrected chi connectivity index (χ4v) is 3.45. The topological polar surface area (TPSA) is 80.4 Å². The molecule has 6 heteroatoms. The third-order valence-electron chi connectivity index (χ3n) is 4.54. The van der Waals surface area contributed by atoms with Gasteiger partial charge < -0.3 is 19.7 Å². The molecule has 3 atom stereocenters. The summed E-state index contributed by atoms with van der Waals surface area (Å²) < 4.78 is 11.3. The van der Waals surface area contributed by atoms with Gasteiger partial charge in [-0.2, -0.15) is 4.98 Å². The van der Waals surface area contributed by atoms with Gasteiger partial charge in [-0.05, 0) is 32.1 Å². The zero-order valence-corrected chi connectivity index (χ0v) is 12.6. The Morgan fingerprint density at radius 1 is 1.38 bits per heavy atom. The Balaban J connectivity index is 1.71. The van der Waals surface area contributed by atoms with Crippen molar-refractivity contribution in [3.63, 3.8) is 0 Å². The van der Waals surface area contributed by atoms with Gasteiger partial charge in [0.1, 0.15) is 6.10 Å². The average molecular weight is 295 g/mol. The van der Waals surface area contributed by atoms with E-state index in [0.717, 1.165) is 0 Å². The molecule has 1 unspecified atom stereocenters. The first-order valence-electron chi connectivity index (χ1n) is 8.14. The second kappa shape index (κ2) is 6.85. The first-order chi connectivity index (χ1) is 10.3. The van der Waals surface area contributed by atoms with E-state index < -0.39 is 0 Å². The van der Waals surface area contributed by atoms with Crippen LogP contribution in [0.1, 0.15) is 69.3 Å². The molecule has 1 aromatic heterocycles. The number of hydrogen-bond acceptors (Lipinski definition) is 6. The van der Waals surface area contributed by atoms with Crippen LogP contribution in [0, 0.1) is 5.92 Å². The van der Waals surface area contributed by atoms with Gasteiger partial charge in [0.05, 0.1) is 12.1 Å². The number of aliphatic hydroxyl groups is 1. The molecule has 6 nitrogen and oxygen atoms in total. The van der Waals surface area contributed by atoms with Gasteiger partial charge in [-0.25, -0.2) is 0 Å². The van der Waals surface area contributed by atoms with Crippen LogP contribution >= 0.6 is 0 Å². The lowest BCUT2D eigenvalue weighted by Crippen LogP contribution is -2.20. The summed E-state index contributed by atoms with van der Waals surface area (Å²) in [5.74, 6) is 1.73. The summed E-state index contributed by atoms with van der Waals surface area (Å²) in [6.45, 7) is 3.25. The van der Waals surface area contributed by atoms with Crippen LogP contribution in [0.15, 0.2) is 4.52 Å². The molecule has 0 spiro atoms. The molecule has 3 rings (SSSR count). The summed E-state index contributed by atoms with van der Waals surface area (Å²) in [4.78, 5) is 4.54. The number of nitrogens with zero attached hydrogens (tertiary/aromatic N) is 2. The maximum absolute atomic E-state index is 9.59. The van der Waals surface area contributed by atoms with Gasteiger partial charge >= 0.3 is 0 Å². The highest BCUT2D eigenvalue weighted by Crippen LogP contribution is 2.36. The van der Waals surface area contributed by atoms with Gasteiger partial charge in [0.25, 0.3) is 0 Å². The van der Waals surface area contributed by atoms with Crippen LogP contribution in [0.4, 0.5) is 0 Å². The Morgan fingerprint density at radius 3 is 2.86 bits per heavy atom. The minimum atomic E-state index is -0.327. The molecule has 1 aliphatic carbocycles. The van der Waals surface area contributed by atoms with Crippen LogP contribution in [0.25, 0.3) is 0 Å². The third kappa shape index (κ3) is 3.44. The molecule has 0 amide bonds. The molecule has 1 aromatic rings. The highest BCUT2D eigenvalue weighted by atomic mass is 16.5. The standard InChI is InChI=1S/C15H25N3O3/c1-2-20-13(10-6-4-3-5-7-10)14-17-15(21-18-14)12-8-11(19)9-16-12/h10-13,16,19H,2-9H2,1H3/t11-,12-,13?/m1/s1. The minimum absolute atomic E-state index is 0.0325. The number of rotatable bonds is 5. The van der Waals surface area contributed by atoms with E-state index in [2.05, 4.69) is 15.5 Å². The van der Waals surface area contributed by atoms with Gasteiger partial charge in [0.15, 0.2) is 0 Å². The molecule has 0 bridgehead atoms. The molecule has 1 saturated heterocycles. The number of nitrogens with one attached hydrogen (secondary N) is 1. The van der Waals surface area contributed by atoms with Crippen molar-refractivity contribution >= 4 is 0 Å². The number of aliphatic hydroxyl groups excluding tert-OH is 1. The number of ether oxygens (including phenoxy) is 1. The second-order valence-electron chi connectivity index (χ2n) is 6.12. The molecular weight excluding hydrogens is 270 g/mol. The summed E-state index contributed by atoms with van der Waals surface area (Å²) >= 11 is 0. The van der Waals surface area contributed by atoms with Crippen LogP contribution in [0.5, 0.6) is 0 Å². The molecule has 1 aliphatic heterocycles. The smallest absolute Gasteiger partial charge is 0.243 e. The predicted octanol–water partition coefficient (Wildman–Crippen LogP) is 2.12. The summed E-state index contributed by atoms with van der Waals surface area (Å²) in [5, 5.41) is 16.9. The highest BCUT2D eigenvalue weighted by Gasteiger charge is 2.32. The van der Waals surface area contributed by atoms with Crippen LogP contribution in [-0.2, 0) is 4.74 Å². The third-order valence-corrected chi connectivity index (χ3v) is 4.54. The zero-order valence-electron chi connectivity index (χ0n) is 12.6. The average Bonchev–Trinajstić information content (AvgIpc) is 3.14. The fraction of sp³-hybridized carbons (Fsp3) is 0.867. The summed E-state index contributed by atoms with van der Waals surface area (Å²) in [6, 6.07) is -0.0325. The van der Waals surface area contributed by atoms with Crippen LogP contribution in [0.2, 0.25) is 0 Å². The van der Waals surface area contributed by atoms with Gasteiger partial charge in [0.2, 0.25) is 11.7 Å². The molecule has 2 N–H and O–H groups in total. The monoisotopic (exact) mass is 295 g/mol. The Labute approximate surface area is 125 Å². The van der Waals surface area contributed by atoms with Gasteiger partial charge in [-0.3, -0.25) is 0 Å². The van der Waals surface area contributed by atoms with Crippen molar-refractivity contribution in [3.05, 3.63) is 11.7 Å². The molecule has 2 heterocycles. The largest absolute Gasteiger partial charge is 0.392 e. The molecular formula is C15H25N3O3. The van der Waals surface area contributed by atoms with Crippen LogP contribution < -0.4 is 5.32 Å². The van der Waals surface area contributed by atoms with Gasteiger partial charge in [0, 0.05) is 13.2 Å². The first-order valence-corrected chi connectivity index (χ1v) is 8.14. The summed E-state index contributed by atoms with van der Waals surface area (Å²) in [5.41, 5.74) is 0. The van der Waals surface area contributed by atoms with E-state index >= 15 is 0 Å². The number of aromatic nitrogens is 2. The van der Waals surface area contributed by atoms with E-state index in [4.69, 9.17) is 9.26 Å².